The smallest absolute Gasteiger partial charge is 0.186 e. The van der Waals surface area contributed by atoms with Crippen LogP contribution in [-0.4, -0.2) is 10.8 Å². The van der Waals surface area contributed by atoms with Gasteiger partial charge in [0.15, 0.2) is 5.78 Å². The van der Waals surface area contributed by atoms with Gasteiger partial charge >= 0.3 is 0 Å². The van der Waals surface area contributed by atoms with Crippen LogP contribution in [0.25, 0.3) is 6.08 Å². The third-order valence-corrected chi connectivity index (χ3v) is 2.78. The second-order valence-electron chi connectivity index (χ2n) is 4.30. The first kappa shape index (κ1) is 12.2. The molecule has 2 rings (SSSR count). The summed E-state index contributed by atoms with van der Waals surface area (Å²) in [5.41, 5.74) is 3.91. The van der Waals surface area contributed by atoms with Crippen molar-refractivity contribution in [3.63, 3.8) is 0 Å². The Morgan fingerprint density at radius 1 is 1.11 bits per heavy atom. The largest absolute Gasteiger partial charge is 0.289 e. The van der Waals surface area contributed by atoms with Crippen LogP contribution in [0.1, 0.15) is 27.0 Å². The Hall–Kier alpha value is -2.22. The maximum Gasteiger partial charge on any atom is 0.186 e. The fraction of sp³-hybridized carbons (Fsp3) is 0.125. The molecule has 0 aliphatic carbocycles. The average molecular weight is 237 g/mol. The van der Waals surface area contributed by atoms with Crippen LogP contribution in [0, 0.1) is 13.8 Å². The van der Waals surface area contributed by atoms with E-state index in [1.807, 2.05) is 50.3 Å². The normalized spacial score (nSPS) is 10.8. The Kier molecular flexibility index (Phi) is 3.68. The van der Waals surface area contributed by atoms with Gasteiger partial charge in [-0.3, -0.25) is 9.78 Å². The standard InChI is InChI=1S/C16H15NO/c1-12-3-5-15(13(2)11-12)16(18)6-4-14-7-9-17-10-8-14/h3-11H,1-2H3. The number of pyridine rings is 1. The Balaban J connectivity index is 2.20. The molecule has 0 unspecified atom stereocenters. The van der Waals surface area contributed by atoms with Gasteiger partial charge in [0.05, 0.1) is 0 Å². The number of hydrogen-bond acceptors (Lipinski definition) is 2. The molecule has 0 aliphatic rings. The highest BCUT2D eigenvalue weighted by Gasteiger charge is 2.05. The van der Waals surface area contributed by atoms with Gasteiger partial charge in [-0.1, -0.05) is 29.8 Å². The van der Waals surface area contributed by atoms with Crippen LogP contribution >= 0.6 is 0 Å². The lowest BCUT2D eigenvalue weighted by Crippen LogP contribution is -1.97. The summed E-state index contributed by atoms with van der Waals surface area (Å²) in [7, 11) is 0. The van der Waals surface area contributed by atoms with Crippen LogP contribution in [0.2, 0.25) is 0 Å². The van der Waals surface area contributed by atoms with Crippen molar-refractivity contribution >= 4 is 11.9 Å². The first-order chi connectivity index (χ1) is 8.66. The van der Waals surface area contributed by atoms with Crippen molar-refractivity contribution in [1.82, 2.24) is 4.98 Å². The maximum atomic E-state index is 12.0. The summed E-state index contributed by atoms with van der Waals surface area (Å²) in [6.07, 6.45) is 6.83. The number of carbonyl (C=O) groups is 1. The van der Waals surface area contributed by atoms with E-state index in [2.05, 4.69) is 4.98 Å². The SMILES string of the molecule is Cc1ccc(C(=O)C=Cc2ccncc2)c(C)c1. The summed E-state index contributed by atoms with van der Waals surface area (Å²) in [6, 6.07) is 9.59. The molecular weight excluding hydrogens is 222 g/mol. The van der Waals surface area contributed by atoms with E-state index in [1.54, 1.807) is 18.5 Å². The number of rotatable bonds is 3. The van der Waals surface area contributed by atoms with Crippen LogP contribution in [0.3, 0.4) is 0 Å². The van der Waals surface area contributed by atoms with Crippen molar-refractivity contribution in [3.05, 3.63) is 71.1 Å². The zero-order valence-corrected chi connectivity index (χ0v) is 10.6. The maximum absolute atomic E-state index is 12.0. The molecule has 0 bridgehead atoms. The highest BCUT2D eigenvalue weighted by atomic mass is 16.1. The Morgan fingerprint density at radius 2 is 1.83 bits per heavy atom. The highest BCUT2D eigenvalue weighted by Crippen LogP contribution is 2.12. The summed E-state index contributed by atoms with van der Waals surface area (Å²) in [5, 5.41) is 0. The second kappa shape index (κ2) is 5.41. The molecule has 0 atom stereocenters. The zero-order chi connectivity index (χ0) is 13.0. The summed E-state index contributed by atoms with van der Waals surface area (Å²) in [5.74, 6) is 0.0318. The first-order valence-electron chi connectivity index (χ1n) is 5.86. The van der Waals surface area contributed by atoms with Crippen LogP contribution in [0.15, 0.2) is 48.8 Å². The third-order valence-electron chi connectivity index (χ3n) is 2.78. The van der Waals surface area contributed by atoms with Crippen molar-refractivity contribution in [1.29, 1.82) is 0 Å². The molecule has 2 nitrogen and oxygen atoms in total. The van der Waals surface area contributed by atoms with E-state index in [-0.39, 0.29) is 5.78 Å². The number of carbonyl (C=O) groups excluding carboxylic acids is 1. The number of aryl methyl sites for hydroxylation is 2. The zero-order valence-electron chi connectivity index (χ0n) is 10.6. The monoisotopic (exact) mass is 237 g/mol. The molecule has 2 aromatic rings. The molecule has 0 saturated heterocycles. The van der Waals surface area contributed by atoms with Gasteiger partial charge in [-0.25, -0.2) is 0 Å². The summed E-state index contributed by atoms with van der Waals surface area (Å²) < 4.78 is 0. The van der Waals surface area contributed by atoms with Gasteiger partial charge in [0.1, 0.15) is 0 Å². The van der Waals surface area contributed by atoms with Crippen LogP contribution in [0.5, 0.6) is 0 Å². The molecule has 1 aromatic heterocycles. The molecule has 0 radical (unpaired) electrons. The minimum Gasteiger partial charge on any atom is -0.289 e. The lowest BCUT2D eigenvalue weighted by molar-refractivity contribution is 0.104. The molecule has 0 spiro atoms. The highest BCUT2D eigenvalue weighted by molar-refractivity contribution is 6.07. The molecule has 0 aliphatic heterocycles. The van der Waals surface area contributed by atoms with Gasteiger partial charge < -0.3 is 0 Å². The molecule has 1 aromatic carbocycles. The van der Waals surface area contributed by atoms with Crippen LogP contribution in [0.4, 0.5) is 0 Å². The molecule has 90 valence electrons. The van der Waals surface area contributed by atoms with Gasteiger partial charge in [-0.2, -0.15) is 0 Å². The van der Waals surface area contributed by atoms with Crippen molar-refractivity contribution < 1.29 is 4.79 Å². The van der Waals surface area contributed by atoms with E-state index in [0.29, 0.717) is 0 Å². The average Bonchev–Trinajstić information content (AvgIpc) is 2.37. The molecule has 18 heavy (non-hydrogen) atoms. The predicted molar refractivity (Wildman–Crippen MR) is 73.5 cm³/mol. The summed E-state index contributed by atoms with van der Waals surface area (Å²) in [6.45, 7) is 3.98. The molecule has 0 N–H and O–H groups in total. The molecule has 1 heterocycles. The van der Waals surface area contributed by atoms with E-state index in [1.165, 1.54) is 5.56 Å². The van der Waals surface area contributed by atoms with Gasteiger partial charge in [0.25, 0.3) is 0 Å². The van der Waals surface area contributed by atoms with E-state index in [9.17, 15) is 4.79 Å². The van der Waals surface area contributed by atoms with E-state index >= 15 is 0 Å². The van der Waals surface area contributed by atoms with Crippen LogP contribution < -0.4 is 0 Å². The molecule has 2 heteroatoms. The quantitative estimate of drug-likeness (QED) is 0.603. The number of benzene rings is 1. The Bertz CT molecular complexity index is 585. The fourth-order valence-electron chi connectivity index (χ4n) is 1.83. The third kappa shape index (κ3) is 2.92. The second-order valence-corrected chi connectivity index (χ2v) is 4.30. The minimum absolute atomic E-state index is 0.0318. The number of nitrogens with zero attached hydrogens (tertiary/aromatic N) is 1. The van der Waals surface area contributed by atoms with Gasteiger partial charge in [-0.05, 0) is 43.2 Å². The van der Waals surface area contributed by atoms with Crippen molar-refractivity contribution in [2.75, 3.05) is 0 Å². The van der Waals surface area contributed by atoms with Crippen molar-refractivity contribution in [3.8, 4) is 0 Å². The van der Waals surface area contributed by atoms with Gasteiger partial charge in [0, 0.05) is 18.0 Å². The van der Waals surface area contributed by atoms with Gasteiger partial charge in [-0.15, -0.1) is 0 Å². The lowest BCUT2D eigenvalue weighted by Gasteiger charge is -2.02. The number of hydrogen-bond donors (Lipinski definition) is 0. The van der Waals surface area contributed by atoms with Crippen LogP contribution in [-0.2, 0) is 0 Å². The van der Waals surface area contributed by atoms with E-state index < -0.39 is 0 Å². The number of aromatic nitrogens is 1. The molecule has 0 amide bonds. The number of allylic oxidation sites excluding steroid dienone is 1. The fourth-order valence-corrected chi connectivity index (χ4v) is 1.83. The first-order valence-corrected chi connectivity index (χ1v) is 5.86. The molecule has 0 fully saturated rings. The number of ketones is 1. The minimum atomic E-state index is 0.0318. The van der Waals surface area contributed by atoms with E-state index in [0.717, 1.165) is 16.7 Å². The lowest BCUT2D eigenvalue weighted by atomic mass is 10.0. The van der Waals surface area contributed by atoms with E-state index in [4.69, 9.17) is 0 Å². The van der Waals surface area contributed by atoms with Crippen molar-refractivity contribution in [2.24, 2.45) is 0 Å². The topological polar surface area (TPSA) is 30.0 Å². The predicted octanol–water partition coefficient (Wildman–Crippen LogP) is 3.59. The Labute approximate surface area is 107 Å². The van der Waals surface area contributed by atoms with Crippen molar-refractivity contribution in [2.45, 2.75) is 13.8 Å². The Morgan fingerprint density at radius 3 is 2.50 bits per heavy atom. The molecular formula is C16H15NO. The molecule has 0 saturated carbocycles. The van der Waals surface area contributed by atoms with Gasteiger partial charge in [0.2, 0.25) is 0 Å². The summed E-state index contributed by atoms with van der Waals surface area (Å²) >= 11 is 0. The summed E-state index contributed by atoms with van der Waals surface area (Å²) in [4.78, 5) is 16.0.